The predicted octanol–water partition coefficient (Wildman–Crippen LogP) is 2.02. The van der Waals surface area contributed by atoms with E-state index in [9.17, 15) is 0 Å². The molecule has 0 spiro atoms. The van der Waals surface area contributed by atoms with Crippen molar-refractivity contribution in [2.24, 2.45) is 5.92 Å². The van der Waals surface area contributed by atoms with Gasteiger partial charge in [0.1, 0.15) is 5.76 Å². The second-order valence-corrected chi connectivity index (χ2v) is 5.88. The Morgan fingerprint density at radius 3 is 2.58 bits per heavy atom. The van der Waals surface area contributed by atoms with Crippen molar-refractivity contribution in [3.05, 3.63) is 23.7 Å². The summed E-state index contributed by atoms with van der Waals surface area (Å²) < 4.78 is 5.64. The molecule has 0 aliphatic heterocycles. The summed E-state index contributed by atoms with van der Waals surface area (Å²) in [5, 5.41) is 3.14. The Bertz CT molecular complexity index is 347. The average Bonchev–Trinajstić information content (AvgIpc) is 2.73. The maximum absolute atomic E-state index is 5.64. The number of hydrogen-bond acceptors (Lipinski definition) is 4. The summed E-state index contributed by atoms with van der Waals surface area (Å²) in [6.45, 7) is 9.55. The van der Waals surface area contributed by atoms with Gasteiger partial charge in [0.2, 0.25) is 0 Å². The summed E-state index contributed by atoms with van der Waals surface area (Å²) in [6, 6.07) is 2.15. The standard InChI is InChI=1S/C15H29N3O/c1-13(2)10-18(7-6-17(4)5)11-15-8-14(9-16-3)12-19-15/h8,12-13,16H,6-7,9-11H2,1-5H3. The molecule has 0 aromatic carbocycles. The van der Waals surface area contributed by atoms with Crippen molar-refractivity contribution in [1.29, 1.82) is 0 Å². The van der Waals surface area contributed by atoms with Crippen molar-refractivity contribution in [3.8, 4) is 0 Å². The van der Waals surface area contributed by atoms with Gasteiger partial charge in [-0.2, -0.15) is 0 Å². The highest BCUT2D eigenvalue weighted by molar-refractivity contribution is 5.12. The number of likely N-dealkylation sites (N-methyl/N-ethyl adjacent to an activating group) is 1. The first-order valence-electron chi connectivity index (χ1n) is 7.09. The Morgan fingerprint density at radius 2 is 2.00 bits per heavy atom. The molecule has 110 valence electrons. The molecule has 1 rings (SSSR count). The van der Waals surface area contributed by atoms with Gasteiger partial charge in [-0.15, -0.1) is 0 Å². The van der Waals surface area contributed by atoms with E-state index in [0.29, 0.717) is 5.92 Å². The number of furan rings is 1. The Morgan fingerprint density at radius 1 is 1.26 bits per heavy atom. The number of rotatable bonds is 9. The van der Waals surface area contributed by atoms with Gasteiger partial charge in [0.25, 0.3) is 0 Å². The Hall–Kier alpha value is -0.840. The van der Waals surface area contributed by atoms with Crippen LogP contribution in [0.15, 0.2) is 16.7 Å². The molecule has 0 fully saturated rings. The van der Waals surface area contributed by atoms with Crippen molar-refractivity contribution < 1.29 is 4.42 Å². The molecule has 1 heterocycles. The summed E-state index contributed by atoms with van der Waals surface area (Å²) in [5.41, 5.74) is 1.22. The van der Waals surface area contributed by atoms with Crippen molar-refractivity contribution in [2.75, 3.05) is 40.8 Å². The number of hydrogen-bond donors (Lipinski definition) is 1. The molecular formula is C15H29N3O. The highest BCUT2D eigenvalue weighted by atomic mass is 16.3. The van der Waals surface area contributed by atoms with E-state index in [2.05, 4.69) is 49.1 Å². The summed E-state index contributed by atoms with van der Waals surface area (Å²) in [6.07, 6.45) is 1.85. The van der Waals surface area contributed by atoms with Crippen LogP contribution in [0.2, 0.25) is 0 Å². The van der Waals surface area contributed by atoms with E-state index in [-0.39, 0.29) is 0 Å². The summed E-state index contributed by atoms with van der Waals surface area (Å²) in [7, 11) is 6.19. The lowest BCUT2D eigenvalue weighted by molar-refractivity contribution is 0.198. The Kier molecular flexibility index (Phi) is 7.13. The van der Waals surface area contributed by atoms with Crippen LogP contribution in [-0.4, -0.2) is 50.6 Å². The zero-order chi connectivity index (χ0) is 14.3. The molecule has 0 atom stereocenters. The molecular weight excluding hydrogens is 238 g/mol. The van der Waals surface area contributed by atoms with Crippen molar-refractivity contribution >= 4 is 0 Å². The molecule has 1 aromatic rings. The monoisotopic (exact) mass is 267 g/mol. The van der Waals surface area contributed by atoms with Crippen LogP contribution in [0.4, 0.5) is 0 Å². The average molecular weight is 267 g/mol. The fraction of sp³-hybridized carbons (Fsp3) is 0.733. The Labute approximate surface area is 117 Å². The number of nitrogens with zero attached hydrogens (tertiary/aromatic N) is 2. The molecule has 0 amide bonds. The molecule has 4 nitrogen and oxygen atoms in total. The van der Waals surface area contributed by atoms with E-state index in [1.165, 1.54) is 5.56 Å². The highest BCUT2D eigenvalue weighted by Gasteiger charge is 2.11. The first-order valence-corrected chi connectivity index (χ1v) is 7.09. The van der Waals surface area contributed by atoms with Crippen LogP contribution in [0.25, 0.3) is 0 Å². The molecule has 4 heteroatoms. The minimum Gasteiger partial charge on any atom is -0.468 e. The maximum Gasteiger partial charge on any atom is 0.118 e. The predicted molar refractivity (Wildman–Crippen MR) is 80.1 cm³/mol. The zero-order valence-corrected chi connectivity index (χ0v) is 13.1. The van der Waals surface area contributed by atoms with Crippen LogP contribution in [0.5, 0.6) is 0 Å². The van der Waals surface area contributed by atoms with E-state index >= 15 is 0 Å². The lowest BCUT2D eigenvalue weighted by Gasteiger charge is -2.24. The third-order valence-corrected chi connectivity index (χ3v) is 2.96. The van der Waals surface area contributed by atoms with Gasteiger partial charge in [-0.1, -0.05) is 13.8 Å². The van der Waals surface area contributed by atoms with Gasteiger partial charge in [0.05, 0.1) is 12.8 Å². The summed E-state index contributed by atoms with van der Waals surface area (Å²) in [4.78, 5) is 4.69. The lowest BCUT2D eigenvalue weighted by atomic mass is 10.2. The quantitative estimate of drug-likeness (QED) is 0.742. The largest absolute Gasteiger partial charge is 0.468 e. The van der Waals surface area contributed by atoms with Gasteiger partial charge in [-0.3, -0.25) is 4.90 Å². The van der Waals surface area contributed by atoms with Gasteiger partial charge >= 0.3 is 0 Å². The molecule has 19 heavy (non-hydrogen) atoms. The van der Waals surface area contributed by atoms with Gasteiger partial charge in [-0.25, -0.2) is 0 Å². The van der Waals surface area contributed by atoms with Crippen molar-refractivity contribution in [2.45, 2.75) is 26.9 Å². The molecule has 1 N–H and O–H groups in total. The van der Waals surface area contributed by atoms with Crippen LogP contribution in [-0.2, 0) is 13.1 Å². The van der Waals surface area contributed by atoms with Crippen LogP contribution in [0.3, 0.4) is 0 Å². The van der Waals surface area contributed by atoms with Crippen LogP contribution in [0.1, 0.15) is 25.2 Å². The van der Waals surface area contributed by atoms with E-state index < -0.39 is 0 Å². The smallest absolute Gasteiger partial charge is 0.118 e. The minimum atomic E-state index is 0.675. The molecule has 0 radical (unpaired) electrons. The fourth-order valence-electron chi connectivity index (χ4n) is 2.12. The van der Waals surface area contributed by atoms with E-state index in [0.717, 1.165) is 38.5 Å². The highest BCUT2D eigenvalue weighted by Crippen LogP contribution is 2.12. The molecule has 1 aromatic heterocycles. The van der Waals surface area contributed by atoms with E-state index in [1.807, 2.05) is 13.3 Å². The van der Waals surface area contributed by atoms with Crippen LogP contribution < -0.4 is 5.32 Å². The topological polar surface area (TPSA) is 31.7 Å². The Balaban J connectivity index is 2.53. The maximum atomic E-state index is 5.64. The molecule has 0 bridgehead atoms. The summed E-state index contributed by atoms with van der Waals surface area (Å²) in [5.74, 6) is 1.73. The molecule has 0 unspecified atom stereocenters. The van der Waals surface area contributed by atoms with Gasteiger partial charge in [0, 0.05) is 31.7 Å². The first-order chi connectivity index (χ1) is 9.01. The lowest BCUT2D eigenvalue weighted by Crippen LogP contribution is -2.33. The molecule has 0 saturated carbocycles. The SMILES string of the molecule is CNCc1coc(CN(CCN(C)C)CC(C)C)c1. The second-order valence-electron chi connectivity index (χ2n) is 5.88. The van der Waals surface area contributed by atoms with E-state index in [4.69, 9.17) is 4.42 Å². The van der Waals surface area contributed by atoms with Gasteiger partial charge in [-0.05, 0) is 33.1 Å². The first kappa shape index (κ1) is 16.2. The fourth-order valence-corrected chi connectivity index (χ4v) is 2.12. The van der Waals surface area contributed by atoms with Crippen LogP contribution >= 0.6 is 0 Å². The molecule has 0 aliphatic rings. The van der Waals surface area contributed by atoms with Gasteiger partial charge in [0.15, 0.2) is 0 Å². The second kappa shape index (κ2) is 8.35. The third-order valence-electron chi connectivity index (χ3n) is 2.96. The molecule has 0 saturated heterocycles. The summed E-state index contributed by atoms with van der Waals surface area (Å²) >= 11 is 0. The molecule has 0 aliphatic carbocycles. The number of nitrogens with one attached hydrogen (secondary N) is 1. The van der Waals surface area contributed by atoms with E-state index in [1.54, 1.807) is 0 Å². The third kappa shape index (κ3) is 6.76. The zero-order valence-electron chi connectivity index (χ0n) is 13.1. The van der Waals surface area contributed by atoms with Crippen molar-refractivity contribution in [1.82, 2.24) is 15.1 Å². The normalized spacial score (nSPS) is 12.0. The minimum absolute atomic E-state index is 0.675. The van der Waals surface area contributed by atoms with Gasteiger partial charge < -0.3 is 14.6 Å². The van der Waals surface area contributed by atoms with Crippen LogP contribution in [0, 0.1) is 5.92 Å². The van der Waals surface area contributed by atoms with Crippen molar-refractivity contribution in [3.63, 3.8) is 0 Å².